The number of benzene rings is 1. The minimum atomic E-state index is -3.28. The van der Waals surface area contributed by atoms with Crippen LogP contribution in [0.15, 0.2) is 30.9 Å². The van der Waals surface area contributed by atoms with Crippen LogP contribution in [0, 0.1) is 0 Å². The van der Waals surface area contributed by atoms with Gasteiger partial charge in [0.05, 0.1) is 11.3 Å². The Morgan fingerprint density at radius 2 is 1.92 bits per heavy atom. The fourth-order valence-electron chi connectivity index (χ4n) is 2.50. The fraction of sp³-hybridized carbons (Fsp3) is 0.375. The Kier molecular flexibility index (Phi) is 5.81. The highest BCUT2D eigenvalue weighted by atomic mass is 32.2. The summed E-state index contributed by atoms with van der Waals surface area (Å²) in [6.07, 6.45) is 1.10. The lowest BCUT2D eigenvalue weighted by atomic mass is 10.1. The van der Waals surface area contributed by atoms with Crippen molar-refractivity contribution in [3.63, 3.8) is 0 Å². The number of nitrogens with one attached hydrogen (secondary N) is 1. The van der Waals surface area contributed by atoms with Gasteiger partial charge in [0.1, 0.15) is 5.75 Å². The normalized spacial score (nSPS) is 15.6. The summed E-state index contributed by atoms with van der Waals surface area (Å²) in [5.74, 6) is -1.03. The van der Waals surface area contributed by atoms with Crippen molar-refractivity contribution in [3.8, 4) is 5.75 Å². The summed E-state index contributed by atoms with van der Waals surface area (Å²) in [6, 6.07) is 4.18. The number of piperazine rings is 1. The van der Waals surface area contributed by atoms with Crippen molar-refractivity contribution >= 4 is 27.5 Å². The van der Waals surface area contributed by atoms with Crippen molar-refractivity contribution in [1.29, 1.82) is 0 Å². The van der Waals surface area contributed by atoms with Crippen LogP contribution in [0.4, 0.5) is 5.69 Å². The molecule has 0 radical (unpaired) electrons. The Morgan fingerprint density at radius 1 is 1.28 bits per heavy atom. The highest BCUT2D eigenvalue weighted by Crippen LogP contribution is 2.24. The molecule has 0 spiro atoms. The predicted molar refractivity (Wildman–Crippen MR) is 93.9 cm³/mol. The van der Waals surface area contributed by atoms with Crippen LogP contribution in [0.5, 0.6) is 5.75 Å². The summed E-state index contributed by atoms with van der Waals surface area (Å²) in [7, 11) is -3.28. The molecule has 9 heteroatoms. The van der Waals surface area contributed by atoms with Gasteiger partial charge in [0.25, 0.3) is 5.91 Å². The van der Waals surface area contributed by atoms with Crippen LogP contribution < -0.4 is 5.32 Å². The average molecular weight is 367 g/mol. The Labute approximate surface area is 146 Å². The minimum Gasteiger partial charge on any atom is -0.507 e. The summed E-state index contributed by atoms with van der Waals surface area (Å²) in [5.41, 5.74) is 0.409. The topological polar surface area (TPSA) is 107 Å². The second-order valence-electron chi connectivity index (χ2n) is 5.52. The van der Waals surface area contributed by atoms with Gasteiger partial charge in [-0.05, 0) is 31.2 Å². The van der Waals surface area contributed by atoms with E-state index < -0.39 is 21.8 Å². The number of phenols is 1. The van der Waals surface area contributed by atoms with Gasteiger partial charge in [-0.2, -0.15) is 4.31 Å². The predicted octanol–water partition coefficient (Wildman–Crippen LogP) is 0.624. The number of aromatic hydroxyl groups is 1. The molecule has 1 aliphatic heterocycles. The fourth-order valence-corrected chi connectivity index (χ4v) is 3.59. The lowest BCUT2D eigenvalue weighted by Crippen LogP contribution is -2.50. The first-order valence-corrected chi connectivity index (χ1v) is 9.43. The maximum atomic E-state index is 12.6. The van der Waals surface area contributed by atoms with Crippen LogP contribution in [0.3, 0.4) is 0 Å². The minimum absolute atomic E-state index is 0.0206. The molecule has 1 saturated heterocycles. The standard InChI is InChI=1S/C16H21N3O5S/c1-3-15(21)17-12-5-6-14(20)13(11-12)16(22)18-7-9-19(10-8-18)25(23,24)4-2/h3,5-6,11,20H,1,4,7-10H2,2H3,(H,17,21). The summed E-state index contributed by atoms with van der Waals surface area (Å²) >= 11 is 0. The van der Waals surface area contributed by atoms with Gasteiger partial charge in [-0.3, -0.25) is 9.59 Å². The van der Waals surface area contributed by atoms with E-state index in [1.807, 2.05) is 0 Å². The quantitative estimate of drug-likeness (QED) is 0.586. The summed E-state index contributed by atoms with van der Waals surface area (Å²) in [4.78, 5) is 25.5. The first-order chi connectivity index (χ1) is 11.8. The number of nitrogens with zero attached hydrogens (tertiary/aromatic N) is 2. The van der Waals surface area contributed by atoms with E-state index in [2.05, 4.69) is 11.9 Å². The molecule has 2 amide bonds. The Bertz CT molecular complexity index is 783. The van der Waals surface area contributed by atoms with Crippen LogP contribution in [-0.2, 0) is 14.8 Å². The van der Waals surface area contributed by atoms with E-state index >= 15 is 0 Å². The number of phenolic OH excluding ortho intramolecular Hbond substituents is 1. The molecule has 0 bridgehead atoms. The number of hydrogen-bond donors (Lipinski definition) is 2. The number of carbonyl (C=O) groups is 2. The molecule has 1 heterocycles. The largest absolute Gasteiger partial charge is 0.507 e. The molecule has 2 N–H and O–H groups in total. The number of anilines is 1. The van der Waals surface area contributed by atoms with E-state index in [4.69, 9.17) is 0 Å². The number of sulfonamides is 1. The first kappa shape index (κ1) is 18.9. The van der Waals surface area contributed by atoms with Gasteiger partial charge in [-0.15, -0.1) is 0 Å². The van der Waals surface area contributed by atoms with Gasteiger partial charge in [-0.1, -0.05) is 6.58 Å². The maximum absolute atomic E-state index is 12.6. The summed E-state index contributed by atoms with van der Waals surface area (Å²) in [5, 5.41) is 12.5. The van der Waals surface area contributed by atoms with Crippen molar-refractivity contribution < 1.29 is 23.1 Å². The molecule has 25 heavy (non-hydrogen) atoms. The number of amides is 2. The monoisotopic (exact) mass is 367 g/mol. The average Bonchev–Trinajstić information content (AvgIpc) is 2.62. The third-order valence-corrected chi connectivity index (χ3v) is 5.85. The molecule has 2 rings (SSSR count). The molecule has 0 aliphatic carbocycles. The van der Waals surface area contributed by atoms with E-state index in [1.165, 1.54) is 27.4 Å². The number of rotatable bonds is 5. The number of hydrogen-bond acceptors (Lipinski definition) is 5. The molecular weight excluding hydrogens is 346 g/mol. The summed E-state index contributed by atoms with van der Waals surface area (Å²) in [6.45, 7) is 5.84. The zero-order chi connectivity index (χ0) is 18.6. The van der Waals surface area contributed by atoms with Gasteiger partial charge in [-0.25, -0.2) is 8.42 Å². The van der Waals surface area contributed by atoms with Crippen molar-refractivity contribution in [1.82, 2.24) is 9.21 Å². The lowest BCUT2D eigenvalue weighted by molar-refractivity contribution is -0.111. The van der Waals surface area contributed by atoms with Gasteiger partial charge in [0, 0.05) is 31.9 Å². The van der Waals surface area contributed by atoms with Crippen molar-refractivity contribution in [2.75, 3.05) is 37.2 Å². The highest BCUT2D eigenvalue weighted by Gasteiger charge is 2.29. The molecule has 8 nitrogen and oxygen atoms in total. The van der Waals surface area contributed by atoms with Crippen LogP contribution in [0.25, 0.3) is 0 Å². The summed E-state index contributed by atoms with van der Waals surface area (Å²) < 4.78 is 25.1. The SMILES string of the molecule is C=CC(=O)Nc1ccc(O)c(C(=O)N2CCN(S(=O)(=O)CC)CC2)c1. The first-order valence-electron chi connectivity index (χ1n) is 7.82. The molecule has 0 unspecified atom stereocenters. The van der Waals surface area contributed by atoms with Crippen molar-refractivity contribution in [3.05, 3.63) is 36.4 Å². The van der Waals surface area contributed by atoms with Crippen molar-refractivity contribution in [2.24, 2.45) is 0 Å². The van der Waals surface area contributed by atoms with Gasteiger partial charge < -0.3 is 15.3 Å². The van der Waals surface area contributed by atoms with Crippen molar-refractivity contribution in [2.45, 2.75) is 6.92 Å². The lowest BCUT2D eigenvalue weighted by Gasteiger charge is -2.34. The molecule has 0 aromatic heterocycles. The molecule has 1 aromatic rings. The molecule has 0 atom stereocenters. The molecule has 136 valence electrons. The van der Waals surface area contributed by atoms with E-state index in [1.54, 1.807) is 6.92 Å². The van der Waals surface area contributed by atoms with E-state index in [0.717, 1.165) is 6.08 Å². The Morgan fingerprint density at radius 3 is 2.48 bits per heavy atom. The van der Waals surface area contributed by atoms with Gasteiger partial charge >= 0.3 is 0 Å². The van der Waals surface area contributed by atoms with E-state index in [9.17, 15) is 23.1 Å². The molecular formula is C16H21N3O5S. The highest BCUT2D eigenvalue weighted by molar-refractivity contribution is 7.89. The molecule has 1 fully saturated rings. The zero-order valence-corrected chi connectivity index (χ0v) is 14.8. The van der Waals surface area contributed by atoms with Gasteiger partial charge in [0.2, 0.25) is 15.9 Å². The van der Waals surface area contributed by atoms with E-state index in [-0.39, 0.29) is 43.2 Å². The smallest absolute Gasteiger partial charge is 0.257 e. The van der Waals surface area contributed by atoms with Crippen LogP contribution in [-0.4, -0.2) is 66.5 Å². The maximum Gasteiger partial charge on any atom is 0.257 e. The van der Waals surface area contributed by atoms with Crippen LogP contribution in [0.2, 0.25) is 0 Å². The zero-order valence-electron chi connectivity index (χ0n) is 13.9. The van der Waals surface area contributed by atoms with Gasteiger partial charge in [0.15, 0.2) is 0 Å². The Balaban J connectivity index is 2.12. The van der Waals surface area contributed by atoms with Crippen LogP contribution >= 0.6 is 0 Å². The Hall–Kier alpha value is -2.39. The van der Waals surface area contributed by atoms with Crippen LogP contribution in [0.1, 0.15) is 17.3 Å². The number of carbonyl (C=O) groups excluding carboxylic acids is 2. The third kappa shape index (κ3) is 4.37. The second-order valence-corrected chi connectivity index (χ2v) is 7.77. The molecule has 1 aliphatic rings. The molecule has 0 saturated carbocycles. The van der Waals surface area contributed by atoms with E-state index in [0.29, 0.717) is 5.69 Å². The third-order valence-electron chi connectivity index (χ3n) is 3.96. The molecule has 1 aromatic carbocycles. The second kappa shape index (κ2) is 7.66.